The molecule has 5 heteroatoms. The summed E-state index contributed by atoms with van der Waals surface area (Å²) in [6.45, 7) is 5.98. The highest BCUT2D eigenvalue weighted by Crippen LogP contribution is 2.27. The second kappa shape index (κ2) is 9.17. The molecule has 1 heterocycles. The summed E-state index contributed by atoms with van der Waals surface area (Å²) in [6, 6.07) is 8.50. The van der Waals surface area contributed by atoms with Crippen LogP contribution in [0.1, 0.15) is 58.3 Å². The van der Waals surface area contributed by atoms with E-state index in [-0.39, 0.29) is 0 Å². The fourth-order valence-electron chi connectivity index (χ4n) is 3.49. The molecule has 1 fully saturated rings. The van der Waals surface area contributed by atoms with Gasteiger partial charge in [0.1, 0.15) is 5.75 Å². The summed E-state index contributed by atoms with van der Waals surface area (Å²) in [5, 5.41) is 8.45. The zero-order valence-electron chi connectivity index (χ0n) is 16.3. The summed E-state index contributed by atoms with van der Waals surface area (Å²) in [5.41, 5.74) is 0.931. The molecule has 1 saturated carbocycles. The molecule has 3 rings (SSSR count). The standard InChI is InChI=1S/C21H31N3O2/c1-4-5-14-25-19-12-8-17(9-13-19)21-23-22-20(26-21)15-24(3)18-10-6-16(2)7-11-18/h8-9,12-13,16,18H,4-7,10-11,14-15H2,1-3H3. The summed E-state index contributed by atoms with van der Waals surface area (Å²) in [5.74, 6) is 3.01. The van der Waals surface area contributed by atoms with Crippen molar-refractivity contribution in [3.63, 3.8) is 0 Å². The number of ether oxygens (including phenoxy) is 1. The van der Waals surface area contributed by atoms with E-state index in [1.54, 1.807) is 0 Å². The molecule has 1 aliphatic rings. The van der Waals surface area contributed by atoms with Gasteiger partial charge >= 0.3 is 0 Å². The van der Waals surface area contributed by atoms with Crippen molar-refractivity contribution in [2.45, 2.75) is 65.0 Å². The van der Waals surface area contributed by atoms with Crippen LogP contribution in [-0.4, -0.2) is 34.8 Å². The lowest BCUT2D eigenvalue weighted by Gasteiger charge is -2.32. The van der Waals surface area contributed by atoms with Crippen molar-refractivity contribution in [1.82, 2.24) is 15.1 Å². The van der Waals surface area contributed by atoms with E-state index in [2.05, 4.69) is 36.0 Å². The molecule has 1 aromatic carbocycles. The van der Waals surface area contributed by atoms with Crippen molar-refractivity contribution >= 4 is 0 Å². The van der Waals surface area contributed by atoms with Crippen LogP contribution in [0.4, 0.5) is 0 Å². The van der Waals surface area contributed by atoms with E-state index in [1.165, 1.54) is 25.7 Å². The molecule has 5 nitrogen and oxygen atoms in total. The van der Waals surface area contributed by atoms with Gasteiger partial charge in [-0.1, -0.05) is 20.3 Å². The van der Waals surface area contributed by atoms with Gasteiger partial charge in [0.15, 0.2) is 0 Å². The maximum atomic E-state index is 5.89. The Bertz CT molecular complexity index is 660. The molecule has 1 aliphatic carbocycles. The van der Waals surface area contributed by atoms with Crippen LogP contribution in [0.2, 0.25) is 0 Å². The number of rotatable bonds is 8. The van der Waals surface area contributed by atoms with Gasteiger partial charge in [-0.25, -0.2) is 0 Å². The molecular formula is C21H31N3O2. The fraction of sp³-hybridized carbons (Fsp3) is 0.619. The minimum absolute atomic E-state index is 0.575. The van der Waals surface area contributed by atoms with E-state index in [0.717, 1.165) is 36.7 Å². The third-order valence-electron chi connectivity index (χ3n) is 5.33. The Kier molecular flexibility index (Phi) is 6.67. The van der Waals surface area contributed by atoms with E-state index in [1.807, 2.05) is 24.3 Å². The van der Waals surface area contributed by atoms with Gasteiger partial charge in [-0.2, -0.15) is 0 Å². The van der Waals surface area contributed by atoms with E-state index >= 15 is 0 Å². The van der Waals surface area contributed by atoms with Crippen LogP contribution >= 0.6 is 0 Å². The van der Waals surface area contributed by atoms with Gasteiger partial charge in [-0.3, -0.25) is 4.90 Å². The highest BCUT2D eigenvalue weighted by atomic mass is 16.5. The van der Waals surface area contributed by atoms with Gasteiger partial charge in [-0.05, 0) is 69.3 Å². The molecule has 26 heavy (non-hydrogen) atoms. The second-order valence-corrected chi connectivity index (χ2v) is 7.56. The van der Waals surface area contributed by atoms with Gasteiger partial charge in [0.25, 0.3) is 0 Å². The smallest absolute Gasteiger partial charge is 0.247 e. The van der Waals surface area contributed by atoms with Crippen molar-refractivity contribution in [3.05, 3.63) is 30.2 Å². The van der Waals surface area contributed by atoms with Crippen molar-refractivity contribution in [3.8, 4) is 17.2 Å². The van der Waals surface area contributed by atoms with Crippen molar-refractivity contribution in [2.75, 3.05) is 13.7 Å². The molecule has 0 spiro atoms. The number of unbranched alkanes of at least 4 members (excludes halogenated alkanes) is 1. The minimum atomic E-state index is 0.575. The maximum Gasteiger partial charge on any atom is 0.247 e. The third kappa shape index (κ3) is 5.07. The summed E-state index contributed by atoms with van der Waals surface area (Å²) < 4.78 is 11.6. The predicted octanol–water partition coefficient (Wildman–Crippen LogP) is 4.93. The van der Waals surface area contributed by atoms with Gasteiger partial charge < -0.3 is 9.15 Å². The molecule has 0 aliphatic heterocycles. The zero-order valence-corrected chi connectivity index (χ0v) is 16.3. The predicted molar refractivity (Wildman–Crippen MR) is 103 cm³/mol. The molecule has 0 bridgehead atoms. The van der Waals surface area contributed by atoms with Gasteiger partial charge in [0.05, 0.1) is 13.2 Å². The fourth-order valence-corrected chi connectivity index (χ4v) is 3.49. The van der Waals surface area contributed by atoms with Crippen LogP contribution in [0.15, 0.2) is 28.7 Å². The summed E-state index contributed by atoms with van der Waals surface area (Å²) >= 11 is 0. The lowest BCUT2D eigenvalue weighted by Crippen LogP contribution is -2.34. The number of nitrogens with zero attached hydrogens (tertiary/aromatic N) is 3. The van der Waals surface area contributed by atoms with Crippen molar-refractivity contribution in [2.24, 2.45) is 5.92 Å². The van der Waals surface area contributed by atoms with Gasteiger partial charge in [-0.15, -0.1) is 10.2 Å². The van der Waals surface area contributed by atoms with Crippen LogP contribution < -0.4 is 4.74 Å². The Morgan fingerprint density at radius 2 is 1.85 bits per heavy atom. The highest BCUT2D eigenvalue weighted by molar-refractivity contribution is 5.53. The quantitative estimate of drug-likeness (QED) is 0.627. The third-order valence-corrected chi connectivity index (χ3v) is 5.33. The van der Waals surface area contributed by atoms with Crippen LogP contribution in [0, 0.1) is 5.92 Å². The molecule has 2 aromatic rings. The molecule has 0 atom stereocenters. The SMILES string of the molecule is CCCCOc1ccc(-c2nnc(CN(C)C3CCC(C)CC3)o2)cc1. The topological polar surface area (TPSA) is 51.4 Å². The zero-order chi connectivity index (χ0) is 18.4. The summed E-state index contributed by atoms with van der Waals surface area (Å²) in [7, 11) is 2.16. The normalized spacial score (nSPS) is 20.5. The molecule has 142 valence electrons. The molecule has 0 unspecified atom stereocenters. The number of hydrogen-bond acceptors (Lipinski definition) is 5. The van der Waals surface area contributed by atoms with E-state index < -0.39 is 0 Å². The lowest BCUT2D eigenvalue weighted by molar-refractivity contribution is 0.152. The Morgan fingerprint density at radius 1 is 1.12 bits per heavy atom. The van der Waals surface area contributed by atoms with E-state index in [9.17, 15) is 0 Å². The summed E-state index contributed by atoms with van der Waals surface area (Å²) in [4.78, 5) is 2.36. The van der Waals surface area contributed by atoms with Crippen LogP contribution in [0.5, 0.6) is 5.75 Å². The molecule has 0 N–H and O–H groups in total. The second-order valence-electron chi connectivity index (χ2n) is 7.56. The number of hydrogen-bond donors (Lipinski definition) is 0. The lowest BCUT2D eigenvalue weighted by atomic mass is 9.87. The monoisotopic (exact) mass is 357 g/mol. The largest absolute Gasteiger partial charge is 0.494 e. The van der Waals surface area contributed by atoms with Crippen LogP contribution in [-0.2, 0) is 6.54 Å². The van der Waals surface area contributed by atoms with Crippen molar-refractivity contribution < 1.29 is 9.15 Å². The first-order valence-corrected chi connectivity index (χ1v) is 9.91. The first-order chi connectivity index (χ1) is 12.7. The number of benzene rings is 1. The molecule has 0 radical (unpaired) electrons. The highest BCUT2D eigenvalue weighted by Gasteiger charge is 2.23. The van der Waals surface area contributed by atoms with Crippen LogP contribution in [0.3, 0.4) is 0 Å². The van der Waals surface area contributed by atoms with E-state index in [0.29, 0.717) is 24.4 Å². The maximum absolute atomic E-state index is 5.89. The average Bonchev–Trinajstić information content (AvgIpc) is 3.11. The molecular weight excluding hydrogens is 326 g/mol. The Labute approximate surface area is 156 Å². The molecule has 0 amide bonds. The number of aromatic nitrogens is 2. The minimum Gasteiger partial charge on any atom is -0.494 e. The first kappa shape index (κ1) is 18.9. The average molecular weight is 357 g/mol. The summed E-state index contributed by atoms with van der Waals surface area (Å²) in [6.07, 6.45) is 7.36. The van der Waals surface area contributed by atoms with Crippen LogP contribution in [0.25, 0.3) is 11.5 Å². The van der Waals surface area contributed by atoms with Gasteiger partial charge in [0.2, 0.25) is 11.8 Å². The molecule has 1 aromatic heterocycles. The Morgan fingerprint density at radius 3 is 2.54 bits per heavy atom. The van der Waals surface area contributed by atoms with Crippen molar-refractivity contribution in [1.29, 1.82) is 0 Å². The van der Waals surface area contributed by atoms with E-state index in [4.69, 9.17) is 9.15 Å². The van der Waals surface area contributed by atoms with Gasteiger partial charge in [0, 0.05) is 11.6 Å². The first-order valence-electron chi connectivity index (χ1n) is 9.91. The molecule has 0 saturated heterocycles. The Hall–Kier alpha value is -1.88. The Balaban J connectivity index is 1.55.